The van der Waals surface area contributed by atoms with Gasteiger partial charge in [0.1, 0.15) is 0 Å². The van der Waals surface area contributed by atoms with Crippen LogP contribution in [0.25, 0.3) is 0 Å². The molecule has 2 nitrogen and oxygen atoms in total. The van der Waals surface area contributed by atoms with Gasteiger partial charge in [0.25, 0.3) is 0 Å². The number of halogens is 3. The van der Waals surface area contributed by atoms with Crippen LogP contribution < -0.4 is 0 Å². The van der Waals surface area contributed by atoms with Crippen LogP contribution in [0.15, 0.2) is 53.7 Å². The third kappa shape index (κ3) is 7.69. The molecule has 2 aromatic rings. The Bertz CT molecular complexity index is 635. The van der Waals surface area contributed by atoms with E-state index in [0.29, 0.717) is 0 Å². The molecule has 127 valence electrons. The maximum atomic E-state index is 4.89. The summed E-state index contributed by atoms with van der Waals surface area (Å²) in [6.45, 7) is 8.62. The molecule has 0 aliphatic carbocycles. The number of nitrogens with zero attached hydrogens (tertiary/aromatic N) is 2. The number of aromatic nitrogens is 1. The fourth-order valence-electron chi connectivity index (χ4n) is 2.02. The van der Waals surface area contributed by atoms with Crippen LogP contribution >= 0.6 is 30.3 Å². The topological polar surface area (TPSA) is 25.2 Å². The van der Waals surface area contributed by atoms with Crippen LogP contribution in [0, 0.1) is 0 Å². The summed E-state index contributed by atoms with van der Waals surface area (Å²) in [5, 5.41) is 0. The Morgan fingerprint density at radius 1 is 1.00 bits per heavy atom. The van der Waals surface area contributed by atoms with Gasteiger partial charge >= 0.3 is 41.5 Å². The first-order valence-electron chi connectivity index (χ1n) is 6.95. The quantitative estimate of drug-likeness (QED) is 0.402. The molecule has 0 unspecified atom stereocenters. The number of hydrogen-bond donors (Lipinski definition) is 0. The Kier molecular flexibility index (Phi) is 8.60. The molecule has 1 heterocycles. The average Bonchev–Trinajstić information content (AvgIpc) is 2.47. The molecule has 0 saturated carbocycles. The second-order valence-corrected chi connectivity index (χ2v) is 11.3. The Morgan fingerprint density at radius 2 is 1.57 bits per heavy atom. The predicted octanol–water partition coefficient (Wildman–Crippen LogP) is 6.59. The van der Waals surface area contributed by atoms with E-state index in [2.05, 4.69) is 44.0 Å². The molecule has 0 spiro atoms. The number of pyridine rings is 1. The molecule has 0 atom stereocenters. The van der Waals surface area contributed by atoms with Crippen LogP contribution in [0.3, 0.4) is 0 Å². The van der Waals surface area contributed by atoms with E-state index >= 15 is 0 Å². The minimum atomic E-state index is -1.33. The van der Waals surface area contributed by atoms with Crippen LogP contribution in [-0.4, -0.2) is 10.7 Å². The number of rotatable bonds is 2. The molecule has 6 heteroatoms. The number of para-hydroxylation sites is 1. The summed E-state index contributed by atoms with van der Waals surface area (Å²) in [4.78, 5) is 9.09. The van der Waals surface area contributed by atoms with Crippen LogP contribution in [0.5, 0.6) is 0 Å². The van der Waals surface area contributed by atoms with Crippen molar-refractivity contribution in [1.82, 2.24) is 4.98 Å². The first kappa shape index (κ1) is 20.5. The van der Waals surface area contributed by atoms with Crippen molar-refractivity contribution in [3.8, 4) is 0 Å². The van der Waals surface area contributed by atoms with E-state index in [1.807, 2.05) is 31.2 Å². The molecular formula is C17H20Cl3FeN2. The number of aliphatic imine (C=N–C) groups is 1. The first-order chi connectivity index (χ1) is 10.7. The van der Waals surface area contributed by atoms with Crippen LogP contribution in [-0.2, 0) is 16.6 Å². The summed E-state index contributed by atoms with van der Waals surface area (Å²) in [5.41, 5.74) is 4.23. The van der Waals surface area contributed by atoms with Gasteiger partial charge in [0.05, 0.1) is 17.1 Å². The van der Waals surface area contributed by atoms with Crippen LogP contribution in [0.1, 0.15) is 39.0 Å². The zero-order valence-electron chi connectivity index (χ0n) is 13.5. The van der Waals surface area contributed by atoms with Gasteiger partial charge in [-0.2, -0.15) is 0 Å². The average molecular weight is 415 g/mol. The third-order valence-corrected chi connectivity index (χ3v) is 3.04. The van der Waals surface area contributed by atoms with Gasteiger partial charge in [-0.3, -0.25) is 9.98 Å². The summed E-state index contributed by atoms with van der Waals surface area (Å²) >= 11 is -1.33. The second-order valence-electron chi connectivity index (χ2n) is 5.83. The van der Waals surface area contributed by atoms with Crippen molar-refractivity contribution in [3.63, 3.8) is 0 Å². The van der Waals surface area contributed by atoms with Crippen molar-refractivity contribution >= 4 is 41.7 Å². The van der Waals surface area contributed by atoms with E-state index in [1.54, 1.807) is 6.20 Å². The van der Waals surface area contributed by atoms with Crippen molar-refractivity contribution in [2.24, 2.45) is 4.99 Å². The van der Waals surface area contributed by atoms with E-state index in [4.69, 9.17) is 35.3 Å². The molecule has 0 saturated heterocycles. The van der Waals surface area contributed by atoms with E-state index in [1.165, 1.54) is 5.56 Å². The molecule has 2 rings (SSSR count). The summed E-state index contributed by atoms with van der Waals surface area (Å²) in [5.74, 6) is 0. The molecule has 0 aliphatic heterocycles. The van der Waals surface area contributed by atoms with Crippen molar-refractivity contribution < 1.29 is 11.2 Å². The zero-order chi connectivity index (χ0) is 17.5. The van der Waals surface area contributed by atoms with Gasteiger partial charge in [-0.15, -0.1) is 0 Å². The predicted molar refractivity (Wildman–Crippen MR) is 98.8 cm³/mol. The van der Waals surface area contributed by atoms with Gasteiger partial charge in [0.15, 0.2) is 0 Å². The fourth-order valence-corrected chi connectivity index (χ4v) is 2.02. The first-order valence-corrected chi connectivity index (χ1v) is 11.5. The van der Waals surface area contributed by atoms with Crippen LogP contribution in [0.4, 0.5) is 5.69 Å². The standard InChI is InChI=1S/C17H20N2.3ClH.Fe/c1-13(15-10-7-8-12-18-15)19-16-11-6-5-9-14(16)17(2,3)4;;;;/h5-12H,1-4H3;3*1H;/q;;;;+3/p-3. The van der Waals surface area contributed by atoms with Gasteiger partial charge in [0.2, 0.25) is 0 Å². The SMILES string of the molecule is CC(=Nc1ccccc1C(C)(C)C)c1ccccn1.[Cl][Fe]([Cl])[Cl]. The zero-order valence-corrected chi connectivity index (χ0v) is 16.9. The Labute approximate surface area is 155 Å². The normalized spacial score (nSPS) is 12.3. The molecular weight excluding hydrogens is 394 g/mol. The van der Waals surface area contributed by atoms with Gasteiger partial charge in [0, 0.05) is 6.20 Å². The summed E-state index contributed by atoms with van der Waals surface area (Å²) in [6, 6.07) is 14.2. The molecule has 0 aliphatic rings. The van der Waals surface area contributed by atoms with Crippen molar-refractivity contribution in [3.05, 3.63) is 59.9 Å². The Balaban J connectivity index is 0.000000593. The monoisotopic (exact) mass is 413 g/mol. The summed E-state index contributed by atoms with van der Waals surface area (Å²) < 4.78 is 0. The third-order valence-electron chi connectivity index (χ3n) is 3.04. The van der Waals surface area contributed by atoms with Crippen LogP contribution in [0.2, 0.25) is 0 Å². The Morgan fingerprint density at radius 3 is 2.09 bits per heavy atom. The van der Waals surface area contributed by atoms with E-state index in [0.717, 1.165) is 17.1 Å². The van der Waals surface area contributed by atoms with Crippen molar-refractivity contribution in [1.29, 1.82) is 0 Å². The Hall–Kier alpha value is -0.571. The summed E-state index contributed by atoms with van der Waals surface area (Å²) in [6.07, 6.45) is 1.80. The van der Waals surface area contributed by atoms with E-state index in [-0.39, 0.29) is 5.41 Å². The fraction of sp³-hybridized carbons (Fsp3) is 0.294. The van der Waals surface area contributed by atoms with Gasteiger partial charge in [-0.1, -0.05) is 45.0 Å². The van der Waals surface area contributed by atoms with E-state index in [9.17, 15) is 0 Å². The van der Waals surface area contributed by atoms with Gasteiger partial charge in [-0.25, -0.2) is 0 Å². The van der Waals surface area contributed by atoms with Crippen molar-refractivity contribution in [2.75, 3.05) is 0 Å². The molecule has 0 N–H and O–H groups in total. The van der Waals surface area contributed by atoms with E-state index < -0.39 is 11.2 Å². The molecule has 1 aromatic heterocycles. The molecule has 0 bridgehead atoms. The van der Waals surface area contributed by atoms with Gasteiger partial charge in [-0.05, 0) is 36.1 Å². The molecule has 0 radical (unpaired) electrons. The molecule has 0 fully saturated rings. The minimum absolute atomic E-state index is 0.0878. The second kappa shape index (κ2) is 9.66. The van der Waals surface area contributed by atoms with Crippen molar-refractivity contribution in [2.45, 2.75) is 33.1 Å². The maximum absolute atomic E-state index is 4.89. The molecule has 1 aromatic carbocycles. The molecule has 0 amide bonds. The molecule has 23 heavy (non-hydrogen) atoms. The summed E-state index contributed by atoms with van der Waals surface area (Å²) in [7, 11) is 14.7. The number of hydrogen-bond acceptors (Lipinski definition) is 2. The number of benzene rings is 1. The van der Waals surface area contributed by atoms with Gasteiger partial charge < -0.3 is 0 Å².